The molecule has 0 bridgehead atoms. The van der Waals surface area contributed by atoms with Gasteiger partial charge in [-0.15, -0.1) is 0 Å². The Kier molecular flexibility index (Phi) is 3.32. The lowest BCUT2D eigenvalue weighted by Crippen LogP contribution is -2.02. The van der Waals surface area contributed by atoms with Crippen LogP contribution in [0.2, 0.25) is 0 Å². The second kappa shape index (κ2) is 5.27. The molecule has 0 unspecified atom stereocenters. The largest absolute Gasteiger partial charge is 0.497 e. The first-order chi connectivity index (χ1) is 9.36. The third-order valence-corrected chi connectivity index (χ3v) is 3.58. The highest BCUT2D eigenvalue weighted by molar-refractivity contribution is 5.83. The number of fused-ring (bicyclic) bond motifs is 1. The SMILES string of the molecule is COc1ccc2c(c1)CCC/C2=C\c1cccnc1. The van der Waals surface area contributed by atoms with E-state index in [2.05, 4.69) is 29.3 Å². The van der Waals surface area contributed by atoms with E-state index in [1.807, 2.05) is 24.5 Å². The van der Waals surface area contributed by atoms with Crippen LogP contribution in [0.15, 0.2) is 42.7 Å². The van der Waals surface area contributed by atoms with Crippen LogP contribution in [0.5, 0.6) is 5.75 Å². The fourth-order valence-corrected chi connectivity index (χ4v) is 2.63. The van der Waals surface area contributed by atoms with E-state index in [0.717, 1.165) is 18.6 Å². The number of allylic oxidation sites excluding steroid dienone is 1. The summed E-state index contributed by atoms with van der Waals surface area (Å²) in [6.45, 7) is 0. The summed E-state index contributed by atoms with van der Waals surface area (Å²) >= 11 is 0. The van der Waals surface area contributed by atoms with Gasteiger partial charge in [-0.1, -0.05) is 12.1 Å². The van der Waals surface area contributed by atoms with Crippen molar-refractivity contribution in [1.29, 1.82) is 0 Å². The topological polar surface area (TPSA) is 22.1 Å². The summed E-state index contributed by atoms with van der Waals surface area (Å²) in [4.78, 5) is 4.17. The lowest BCUT2D eigenvalue weighted by Gasteiger charge is -2.20. The molecule has 1 aliphatic carbocycles. The monoisotopic (exact) mass is 251 g/mol. The fraction of sp³-hybridized carbons (Fsp3) is 0.235. The van der Waals surface area contributed by atoms with Crippen molar-refractivity contribution < 1.29 is 4.74 Å². The van der Waals surface area contributed by atoms with Crippen molar-refractivity contribution in [3.05, 3.63) is 59.4 Å². The van der Waals surface area contributed by atoms with Gasteiger partial charge < -0.3 is 4.74 Å². The third kappa shape index (κ3) is 2.53. The lowest BCUT2D eigenvalue weighted by atomic mass is 9.86. The van der Waals surface area contributed by atoms with Crippen molar-refractivity contribution >= 4 is 11.6 Å². The van der Waals surface area contributed by atoms with E-state index in [1.54, 1.807) is 7.11 Å². The molecule has 0 saturated heterocycles. The van der Waals surface area contributed by atoms with Gasteiger partial charge in [-0.05, 0) is 65.8 Å². The Morgan fingerprint density at radius 1 is 1.21 bits per heavy atom. The van der Waals surface area contributed by atoms with Crippen LogP contribution in [0.25, 0.3) is 11.6 Å². The Bertz CT molecular complexity index is 602. The summed E-state index contributed by atoms with van der Waals surface area (Å²) in [5.74, 6) is 0.946. The molecule has 0 radical (unpaired) electrons. The summed E-state index contributed by atoms with van der Waals surface area (Å²) in [6, 6.07) is 10.4. The van der Waals surface area contributed by atoms with E-state index in [9.17, 15) is 0 Å². The van der Waals surface area contributed by atoms with Crippen molar-refractivity contribution in [2.75, 3.05) is 7.11 Å². The maximum absolute atomic E-state index is 5.30. The van der Waals surface area contributed by atoms with Crippen molar-refractivity contribution in [3.63, 3.8) is 0 Å². The molecular weight excluding hydrogens is 234 g/mol. The first kappa shape index (κ1) is 12.0. The molecule has 0 spiro atoms. The number of hydrogen-bond acceptors (Lipinski definition) is 2. The molecule has 0 saturated carbocycles. The molecule has 0 amide bonds. The Balaban J connectivity index is 2.01. The molecule has 0 fully saturated rings. The second-order valence-electron chi connectivity index (χ2n) is 4.83. The maximum atomic E-state index is 5.30. The van der Waals surface area contributed by atoms with Gasteiger partial charge in [0.2, 0.25) is 0 Å². The van der Waals surface area contributed by atoms with Gasteiger partial charge in [-0.25, -0.2) is 0 Å². The molecule has 1 aromatic carbocycles. The molecule has 3 rings (SSSR count). The number of hydrogen-bond donors (Lipinski definition) is 0. The van der Waals surface area contributed by atoms with Crippen LogP contribution < -0.4 is 4.74 Å². The molecule has 2 heteroatoms. The Morgan fingerprint density at radius 2 is 2.16 bits per heavy atom. The van der Waals surface area contributed by atoms with Gasteiger partial charge in [0, 0.05) is 12.4 Å². The Morgan fingerprint density at radius 3 is 2.95 bits per heavy atom. The van der Waals surface area contributed by atoms with Gasteiger partial charge in [0.25, 0.3) is 0 Å². The van der Waals surface area contributed by atoms with E-state index in [0.29, 0.717) is 0 Å². The molecule has 19 heavy (non-hydrogen) atoms. The predicted molar refractivity (Wildman–Crippen MR) is 78.0 cm³/mol. The van der Waals surface area contributed by atoms with E-state index in [4.69, 9.17) is 4.74 Å². The molecule has 96 valence electrons. The zero-order valence-corrected chi connectivity index (χ0v) is 11.1. The highest BCUT2D eigenvalue weighted by Gasteiger charge is 2.14. The molecule has 0 N–H and O–H groups in total. The molecule has 0 atom stereocenters. The highest BCUT2D eigenvalue weighted by Crippen LogP contribution is 2.34. The number of pyridine rings is 1. The fourth-order valence-electron chi connectivity index (χ4n) is 2.63. The van der Waals surface area contributed by atoms with Crippen molar-refractivity contribution in [2.45, 2.75) is 19.3 Å². The molecule has 2 aromatic rings. The zero-order chi connectivity index (χ0) is 13.1. The summed E-state index contributed by atoms with van der Waals surface area (Å²) in [6.07, 6.45) is 9.43. The Labute approximate surface area is 113 Å². The van der Waals surface area contributed by atoms with Crippen LogP contribution in [0, 0.1) is 0 Å². The zero-order valence-electron chi connectivity index (χ0n) is 11.1. The van der Waals surface area contributed by atoms with Gasteiger partial charge in [-0.2, -0.15) is 0 Å². The maximum Gasteiger partial charge on any atom is 0.119 e. The predicted octanol–water partition coefficient (Wildman–Crippen LogP) is 3.97. The number of ether oxygens (including phenoxy) is 1. The minimum absolute atomic E-state index is 0.946. The second-order valence-corrected chi connectivity index (χ2v) is 4.83. The van der Waals surface area contributed by atoms with Crippen LogP contribution in [0.1, 0.15) is 29.5 Å². The first-order valence-electron chi connectivity index (χ1n) is 6.65. The highest BCUT2D eigenvalue weighted by atomic mass is 16.5. The van der Waals surface area contributed by atoms with E-state index >= 15 is 0 Å². The van der Waals surface area contributed by atoms with Crippen LogP contribution in [-0.2, 0) is 6.42 Å². The van der Waals surface area contributed by atoms with Crippen molar-refractivity contribution in [2.24, 2.45) is 0 Å². The molecule has 1 aliphatic rings. The van der Waals surface area contributed by atoms with Crippen LogP contribution >= 0.6 is 0 Å². The van der Waals surface area contributed by atoms with Gasteiger partial charge in [-0.3, -0.25) is 4.98 Å². The van der Waals surface area contributed by atoms with E-state index in [-0.39, 0.29) is 0 Å². The number of aryl methyl sites for hydroxylation is 1. The normalized spacial score (nSPS) is 16.2. The van der Waals surface area contributed by atoms with Gasteiger partial charge >= 0.3 is 0 Å². The quantitative estimate of drug-likeness (QED) is 0.805. The summed E-state index contributed by atoms with van der Waals surface area (Å²) < 4.78 is 5.30. The average molecular weight is 251 g/mol. The van der Waals surface area contributed by atoms with Gasteiger partial charge in [0.05, 0.1) is 7.11 Å². The minimum atomic E-state index is 0.946. The van der Waals surface area contributed by atoms with Crippen LogP contribution in [0.4, 0.5) is 0 Å². The minimum Gasteiger partial charge on any atom is -0.497 e. The summed E-state index contributed by atoms with van der Waals surface area (Å²) in [7, 11) is 1.72. The van der Waals surface area contributed by atoms with Crippen molar-refractivity contribution in [1.82, 2.24) is 4.98 Å². The van der Waals surface area contributed by atoms with Crippen LogP contribution in [0.3, 0.4) is 0 Å². The first-order valence-corrected chi connectivity index (χ1v) is 6.65. The summed E-state index contributed by atoms with van der Waals surface area (Å²) in [5, 5.41) is 0. The molecule has 1 heterocycles. The number of benzene rings is 1. The number of aromatic nitrogens is 1. The van der Waals surface area contributed by atoms with Crippen LogP contribution in [-0.4, -0.2) is 12.1 Å². The number of nitrogens with zero attached hydrogens (tertiary/aromatic N) is 1. The number of methoxy groups -OCH3 is 1. The standard InChI is InChI=1S/C17H17NO/c1-19-16-7-8-17-14(5-2-6-15(17)11-16)10-13-4-3-9-18-12-13/h3-4,7-12H,2,5-6H2,1H3/b14-10+. The van der Waals surface area contributed by atoms with E-state index < -0.39 is 0 Å². The smallest absolute Gasteiger partial charge is 0.119 e. The lowest BCUT2D eigenvalue weighted by molar-refractivity contribution is 0.414. The summed E-state index contributed by atoms with van der Waals surface area (Å²) in [5.41, 5.74) is 5.31. The molecular formula is C17H17NO. The van der Waals surface area contributed by atoms with E-state index in [1.165, 1.54) is 28.7 Å². The molecule has 0 aliphatic heterocycles. The Hall–Kier alpha value is -2.09. The van der Waals surface area contributed by atoms with Gasteiger partial charge in [0.15, 0.2) is 0 Å². The third-order valence-electron chi connectivity index (χ3n) is 3.58. The molecule has 2 nitrogen and oxygen atoms in total. The number of rotatable bonds is 2. The molecule has 1 aromatic heterocycles. The van der Waals surface area contributed by atoms with Gasteiger partial charge in [0.1, 0.15) is 5.75 Å². The van der Waals surface area contributed by atoms with Crippen molar-refractivity contribution in [3.8, 4) is 5.75 Å². The average Bonchev–Trinajstić information content (AvgIpc) is 2.48.